The monoisotopic (exact) mass is 748 g/mol. The van der Waals surface area contributed by atoms with Gasteiger partial charge in [0.05, 0.1) is 25.3 Å². The van der Waals surface area contributed by atoms with Crippen molar-refractivity contribution in [3.05, 3.63) is 153 Å². The molecule has 1 N–H and O–H groups in total. The Morgan fingerprint density at radius 1 is 0.711 bits per heavy atom. The molecule has 0 saturated carbocycles. The van der Waals surface area contributed by atoms with Crippen molar-refractivity contribution < 1.29 is 95.8 Å². The van der Waals surface area contributed by atoms with Crippen molar-refractivity contribution in [1.82, 2.24) is 0 Å². The van der Waals surface area contributed by atoms with Crippen LogP contribution in [0.1, 0.15) is 61.1 Å². The van der Waals surface area contributed by atoms with Gasteiger partial charge in [-0.25, -0.2) is 0 Å². The van der Waals surface area contributed by atoms with Crippen LogP contribution in [0.4, 0.5) is 0 Å². The smallest absolute Gasteiger partial charge is 0.143 e. The zero-order valence-electron chi connectivity index (χ0n) is 24.9. The molecule has 222 valence electrons. The fourth-order valence-corrected chi connectivity index (χ4v) is 5.55. The quantitative estimate of drug-likeness (QED) is 0.196. The largest absolute Gasteiger partial charge is 0.508 e. The predicted octanol–water partition coefficient (Wildman–Crippen LogP) is 6.79. The Morgan fingerprint density at radius 2 is 1.24 bits per heavy atom. The van der Waals surface area contributed by atoms with E-state index in [1.807, 2.05) is 54.6 Å². The first-order chi connectivity index (χ1) is 21.0. The van der Waals surface area contributed by atoms with E-state index in [1.54, 1.807) is 37.4 Å². The zero-order valence-corrected chi connectivity index (χ0v) is 30.6. The predicted molar refractivity (Wildman–Crippen MR) is 164 cm³/mol. The average molecular weight is 748 g/mol. The Hall–Kier alpha value is -3.15. The minimum absolute atomic E-state index is 0. The molecule has 2 aliphatic carbocycles. The Bertz CT molecular complexity index is 1860. The van der Waals surface area contributed by atoms with Gasteiger partial charge in [0.25, 0.3) is 0 Å². The number of carbonyl (C=O) groups is 2. The van der Waals surface area contributed by atoms with Gasteiger partial charge in [-0.1, -0.05) is 41.5 Å². The molecule has 0 heterocycles. The van der Waals surface area contributed by atoms with Gasteiger partial charge in [0.15, 0.2) is 0 Å². The van der Waals surface area contributed by atoms with Gasteiger partial charge in [-0.05, 0) is 41.7 Å². The summed E-state index contributed by atoms with van der Waals surface area (Å²) in [4.78, 5) is 25.3. The molecule has 0 atom stereocenters. The maximum atomic E-state index is 12.8. The molecule has 0 aromatic heterocycles. The number of methoxy groups -OCH3 is 2. The molecule has 45 heavy (non-hydrogen) atoms. The summed E-state index contributed by atoms with van der Waals surface area (Å²) in [6, 6.07) is 33.9. The van der Waals surface area contributed by atoms with Crippen LogP contribution in [0.25, 0.3) is 0 Å². The number of hydrogen-bond acceptors (Lipinski definition) is 6. The number of rotatable bonds is 5. The van der Waals surface area contributed by atoms with Crippen LogP contribution >= 0.6 is 0 Å². The fraction of sp³-hybridized carbons (Fsp3) is 0.135. The van der Waals surface area contributed by atoms with E-state index in [1.165, 1.54) is 13.2 Å². The second-order valence-electron chi connectivity index (χ2n) is 10.3. The van der Waals surface area contributed by atoms with E-state index in [0.29, 0.717) is 59.0 Å². The third-order valence-electron chi connectivity index (χ3n) is 7.58. The van der Waals surface area contributed by atoms with Gasteiger partial charge in [-0.2, -0.15) is 48.5 Å². The van der Waals surface area contributed by atoms with E-state index in [2.05, 4.69) is 12.1 Å². The molecule has 8 heteroatoms. The third kappa shape index (κ3) is 7.31. The number of fused-ring (bicyclic) bond motifs is 4. The van der Waals surface area contributed by atoms with Gasteiger partial charge in [0.2, 0.25) is 0 Å². The van der Waals surface area contributed by atoms with E-state index in [4.69, 9.17) is 14.2 Å². The molecule has 5 aromatic carbocycles. The average Bonchev–Trinajstić information content (AvgIpc) is 3.03. The number of ether oxygens (including phenoxy) is 3. The molecule has 0 spiro atoms. The summed E-state index contributed by atoms with van der Waals surface area (Å²) in [5, 5.41) is 9.63. The number of benzene rings is 5. The molecule has 0 aliphatic heterocycles. The van der Waals surface area contributed by atoms with Crippen LogP contribution in [0, 0.1) is 12.1 Å². The molecule has 6 nitrogen and oxygen atoms in total. The van der Waals surface area contributed by atoms with Crippen LogP contribution in [0.2, 0.25) is 0 Å². The number of ketones is 2. The van der Waals surface area contributed by atoms with E-state index in [-0.39, 0.29) is 84.2 Å². The number of aromatic hydroxyl groups is 1. The fourth-order valence-electron chi connectivity index (χ4n) is 5.55. The van der Waals surface area contributed by atoms with Crippen molar-refractivity contribution in [2.24, 2.45) is 0 Å². The molecule has 0 saturated heterocycles. The molecule has 2 aliphatic rings. The van der Waals surface area contributed by atoms with Crippen LogP contribution in [-0.4, -0.2) is 30.9 Å². The van der Waals surface area contributed by atoms with Crippen LogP contribution < -0.4 is 14.2 Å². The Labute approximate surface area is 314 Å². The number of phenols is 1. The summed E-state index contributed by atoms with van der Waals surface area (Å²) in [5.41, 5.74) is 7.11. The number of phenolic OH excluding ortho intramolecular Hbond substituents is 1. The minimum atomic E-state index is -0.0695. The normalized spacial score (nSPS) is 12.0. The summed E-state index contributed by atoms with van der Waals surface area (Å²) in [5.74, 6) is 1.70. The van der Waals surface area contributed by atoms with Crippen LogP contribution in [0.3, 0.4) is 0 Å². The van der Waals surface area contributed by atoms with Crippen molar-refractivity contribution in [2.45, 2.75) is 19.4 Å². The van der Waals surface area contributed by atoms with Crippen molar-refractivity contribution in [3.63, 3.8) is 0 Å². The third-order valence-corrected chi connectivity index (χ3v) is 7.58. The maximum absolute atomic E-state index is 12.8. The van der Waals surface area contributed by atoms with E-state index in [9.17, 15) is 14.7 Å². The van der Waals surface area contributed by atoms with Gasteiger partial charge >= 0.3 is 0 Å². The first-order valence-electron chi connectivity index (χ1n) is 13.8. The molecule has 2 radical (unpaired) electrons. The van der Waals surface area contributed by atoms with E-state index in [0.717, 1.165) is 27.8 Å². The van der Waals surface area contributed by atoms with E-state index >= 15 is 0 Å². The number of carbonyl (C=O) groups excluding carboxylic acids is 2. The molecule has 0 unspecified atom stereocenters. The molecule has 5 aromatic rings. The topological polar surface area (TPSA) is 82.1 Å². The van der Waals surface area contributed by atoms with Crippen molar-refractivity contribution in [1.29, 1.82) is 0 Å². The van der Waals surface area contributed by atoms with Gasteiger partial charge in [0.1, 0.15) is 41.2 Å². The van der Waals surface area contributed by atoms with Gasteiger partial charge < -0.3 is 28.9 Å². The van der Waals surface area contributed by atoms with Crippen molar-refractivity contribution in [3.8, 4) is 23.0 Å². The summed E-state index contributed by atoms with van der Waals surface area (Å²) >= 11 is 0. The molecular formula is C37H30O6Y2-2. The Kier molecular flexibility index (Phi) is 11.9. The van der Waals surface area contributed by atoms with Crippen LogP contribution in [-0.2, 0) is 84.9 Å². The minimum Gasteiger partial charge on any atom is -0.508 e. The van der Waals surface area contributed by atoms with E-state index < -0.39 is 0 Å². The zero-order chi connectivity index (χ0) is 29.9. The summed E-state index contributed by atoms with van der Waals surface area (Å²) in [6.45, 7) is 0.472. The molecule has 0 amide bonds. The second kappa shape index (κ2) is 15.4. The summed E-state index contributed by atoms with van der Waals surface area (Å²) in [7, 11) is 3.07. The molecule has 7 rings (SSSR count). The SMILES string of the molecule is COc1cc(O)cc2c1C(=O)c1ccc[c-]c1C2.COc1cc(OCc2ccccc2)cc2c1C(=O)c1ccc[c-]c1C2.[HH].[Y].[Y]. The van der Waals surface area contributed by atoms with Gasteiger partial charge in [0, 0.05) is 79.0 Å². The first-order valence-corrected chi connectivity index (χ1v) is 13.8. The first kappa shape index (κ1) is 34.7. The van der Waals surface area contributed by atoms with Crippen LogP contribution in [0.15, 0.2) is 91.0 Å². The Balaban J connectivity index is 0.000000246. The summed E-state index contributed by atoms with van der Waals surface area (Å²) < 4.78 is 16.6. The Morgan fingerprint density at radius 3 is 1.80 bits per heavy atom. The van der Waals surface area contributed by atoms with Gasteiger partial charge in [-0.3, -0.25) is 0 Å². The van der Waals surface area contributed by atoms with Crippen molar-refractivity contribution >= 4 is 11.6 Å². The summed E-state index contributed by atoms with van der Waals surface area (Å²) in [6.07, 6.45) is 1.23. The van der Waals surface area contributed by atoms with Crippen LogP contribution in [0.5, 0.6) is 23.0 Å². The standard InChI is InChI=1S/C22H17O3.C15H11O3.2Y.H2/c1-24-20-13-18(25-14-15-7-3-2-4-8-15)12-17-11-16-9-5-6-10-19(16)22(23)21(17)20;1-18-13-8-11(16)7-10-6-9-4-2-3-5-12(9)15(17)14(10)13;;;/h2-8,10,12-13H,11,14H2,1H3;2-3,5,7-8,16H,6H2,1H3;;;1H/q2*-1;;;. The second-order valence-corrected chi connectivity index (χ2v) is 10.3. The molecular weight excluding hydrogens is 718 g/mol. The number of hydrogen-bond donors (Lipinski definition) is 1. The van der Waals surface area contributed by atoms with Crippen molar-refractivity contribution in [2.75, 3.05) is 14.2 Å². The molecule has 0 fully saturated rings. The molecule has 0 bridgehead atoms. The van der Waals surface area contributed by atoms with Gasteiger partial charge in [-0.15, -0.1) is 11.1 Å². The maximum Gasteiger partial charge on any atom is 0.143 e.